The summed E-state index contributed by atoms with van der Waals surface area (Å²) < 4.78 is 83.3. The third-order valence-electron chi connectivity index (χ3n) is 5.90. The number of halogens is 8. The standard InChI is InChI=1S/C26H17Cl2F6N3O4/c1-37(23(39)16-6-8-20(9-7-16)40-26(32,33)34)35-22(38)15-4-2-14(3-5-15)21-13-24(41-36-21,25(29,30)31)17-10-18(27)12-19(28)11-17/h2-12H,13H2,1H3,(H,35,38). The van der Waals surface area contributed by atoms with Crippen LogP contribution in [0.4, 0.5) is 26.3 Å². The normalized spacial score (nSPS) is 17.0. The highest BCUT2D eigenvalue weighted by Crippen LogP contribution is 2.49. The maximum atomic E-state index is 14.2. The van der Waals surface area contributed by atoms with Crippen LogP contribution in [0.15, 0.2) is 71.9 Å². The number of alkyl halides is 6. The topological polar surface area (TPSA) is 80.2 Å². The fourth-order valence-corrected chi connectivity index (χ4v) is 4.45. The molecule has 0 saturated carbocycles. The van der Waals surface area contributed by atoms with E-state index in [0.29, 0.717) is 0 Å². The summed E-state index contributed by atoms with van der Waals surface area (Å²) in [5, 5.41) is 4.44. The number of hydrogen-bond acceptors (Lipinski definition) is 5. The van der Waals surface area contributed by atoms with Crippen LogP contribution in [0.2, 0.25) is 10.0 Å². The maximum absolute atomic E-state index is 14.2. The molecule has 0 spiro atoms. The third-order valence-corrected chi connectivity index (χ3v) is 6.34. The van der Waals surface area contributed by atoms with Gasteiger partial charge >= 0.3 is 12.5 Å². The van der Waals surface area contributed by atoms with Crippen LogP contribution >= 0.6 is 23.2 Å². The Hall–Kier alpha value is -3.97. The highest BCUT2D eigenvalue weighted by atomic mass is 35.5. The zero-order valence-electron chi connectivity index (χ0n) is 20.6. The molecule has 1 N–H and O–H groups in total. The molecule has 0 radical (unpaired) electrons. The Labute approximate surface area is 238 Å². The maximum Gasteiger partial charge on any atom is 0.573 e. The first-order chi connectivity index (χ1) is 19.1. The summed E-state index contributed by atoms with van der Waals surface area (Å²) in [5.74, 6) is -2.01. The zero-order valence-corrected chi connectivity index (χ0v) is 22.1. The molecule has 0 saturated heterocycles. The van der Waals surface area contributed by atoms with Gasteiger partial charge in [0.2, 0.25) is 0 Å². The molecule has 0 fully saturated rings. The number of hydrogen-bond donors (Lipinski definition) is 1. The molecule has 1 heterocycles. The number of carbonyl (C=O) groups excluding carboxylic acids is 2. The monoisotopic (exact) mass is 619 g/mol. The van der Waals surface area contributed by atoms with Crippen molar-refractivity contribution in [2.45, 2.75) is 24.6 Å². The SMILES string of the molecule is CN(NC(=O)c1ccc(C2=NOC(c3cc(Cl)cc(Cl)c3)(C(F)(F)F)C2)cc1)C(=O)c1ccc(OC(F)(F)F)cc1. The predicted molar refractivity (Wildman–Crippen MR) is 136 cm³/mol. The Morgan fingerprint density at radius 2 is 1.49 bits per heavy atom. The number of oxime groups is 1. The lowest BCUT2D eigenvalue weighted by Gasteiger charge is -2.29. The van der Waals surface area contributed by atoms with Crippen molar-refractivity contribution in [3.63, 3.8) is 0 Å². The lowest BCUT2D eigenvalue weighted by atomic mass is 9.86. The van der Waals surface area contributed by atoms with Gasteiger partial charge in [-0.15, -0.1) is 13.2 Å². The van der Waals surface area contributed by atoms with Crippen molar-refractivity contribution in [3.8, 4) is 5.75 Å². The lowest BCUT2D eigenvalue weighted by Crippen LogP contribution is -2.43. The fourth-order valence-electron chi connectivity index (χ4n) is 3.92. The van der Waals surface area contributed by atoms with E-state index in [1.54, 1.807) is 0 Å². The smallest absolute Gasteiger partial charge is 0.406 e. The van der Waals surface area contributed by atoms with E-state index in [-0.39, 0.29) is 38.0 Å². The van der Waals surface area contributed by atoms with Crippen LogP contribution in [0.1, 0.15) is 38.3 Å². The van der Waals surface area contributed by atoms with Crippen molar-refractivity contribution in [2.24, 2.45) is 5.16 Å². The molecule has 41 heavy (non-hydrogen) atoms. The van der Waals surface area contributed by atoms with Crippen LogP contribution < -0.4 is 10.2 Å². The summed E-state index contributed by atoms with van der Waals surface area (Å²) in [4.78, 5) is 30.1. The van der Waals surface area contributed by atoms with E-state index in [1.807, 2.05) is 0 Å². The van der Waals surface area contributed by atoms with E-state index < -0.39 is 42.1 Å². The van der Waals surface area contributed by atoms with E-state index in [0.717, 1.165) is 41.4 Å². The molecule has 1 unspecified atom stereocenters. The molecular formula is C26H17Cl2F6N3O4. The first-order valence-corrected chi connectivity index (χ1v) is 12.2. The largest absolute Gasteiger partial charge is 0.573 e. The number of rotatable bonds is 5. The fraction of sp³-hybridized carbons (Fsp3) is 0.192. The molecule has 7 nitrogen and oxygen atoms in total. The Morgan fingerprint density at radius 1 is 0.927 bits per heavy atom. The highest BCUT2D eigenvalue weighted by molar-refractivity contribution is 6.34. The second kappa shape index (κ2) is 11.1. The van der Waals surface area contributed by atoms with Crippen LogP contribution in [0.3, 0.4) is 0 Å². The minimum Gasteiger partial charge on any atom is -0.406 e. The summed E-state index contributed by atoms with van der Waals surface area (Å²) in [6.45, 7) is 0. The molecule has 2 amide bonds. The first-order valence-electron chi connectivity index (χ1n) is 11.4. The minimum atomic E-state index is -4.89. The molecule has 0 bridgehead atoms. The Morgan fingerprint density at radius 3 is 2.02 bits per heavy atom. The molecule has 4 rings (SSSR count). The van der Waals surface area contributed by atoms with Gasteiger partial charge in [-0.2, -0.15) is 13.2 Å². The van der Waals surface area contributed by atoms with Gasteiger partial charge in [0.05, 0.1) is 5.71 Å². The Kier molecular flexibility index (Phi) is 8.14. The summed E-state index contributed by atoms with van der Waals surface area (Å²) >= 11 is 11.8. The molecule has 3 aromatic carbocycles. The number of benzene rings is 3. The van der Waals surface area contributed by atoms with Gasteiger partial charge in [0.15, 0.2) is 0 Å². The van der Waals surface area contributed by atoms with Gasteiger partial charge in [0.25, 0.3) is 17.4 Å². The van der Waals surface area contributed by atoms with E-state index in [1.165, 1.54) is 37.4 Å². The quantitative estimate of drug-likeness (QED) is 0.249. The van der Waals surface area contributed by atoms with Gasteiger partial charge in [-0.05, 0) is 60.2 Å². The molecule has 1 aliphatic heterocycles. The lowest BCUT2D eigenvalue weighted by molar-refractivity contribution is -0.276. The average Bonchev–Trinajstić information content (AvgIpc) is 3.35. The molecule has 3 aromatic rings. The van der Waals surface area contributed by atoms with Crippen LogP contribution in [-0.2, 0) is 10.4 Å². The van der Waals surface area contributed by atoms with Gasteiger partial charge in [-0.3, -0.25) is 20.0 Å². The third kappa shape index (κ3) is 6.68. The van der Waals surface area contributed by atoms with Gasteiger partial charge < -0.3 is 9.57 Å². The van der Waals surface area contributed by atoms with Gasteiger partial charge in [0.1, 0.15) is 5.75 Å². The summed E-state index contributed by atoms with van der Waals surface area (Å²) in [6, 6.07) is 12.9. The number of amides is 2. The van der Waals surface area contributed by atoms with Crippen molar-refractivity contribution < 1.29 is 45.5 Å². The van der Waals surface area contributed by atoms with Crippen LogP contribution in [0.5, 0.6) is 5.75 Å². The predicted octanol–water partition coefficient (Wildman–Crippen LogP) is 6.89. The van der Waals surface area contributed by atoms with Crippen molar-refractivity contribution in [1.82, 2.24) is 10.4 Å². The van der Waals surface area contributed by atoms with E-state index in [9.17, 15) is 35.9 Å². The molecule has 15 heteroatoms. The Balaban J connectivity index is 1.43. The average molecular weight is 620 g/mol. The van der Waals surface area contributed by atoms with E-state index >= 15 is 0 Å². The second-order valence-corrected chi connectivity index (χ2v) is 9.62. The molecule has 1 atom stereocenters. The summed E-state index contributed by atoms with van der Waals surface area (Å²) in [6.07, 6.45) is -10.5. The number of nitrogens with zero attached hydrogens (tertiary/aromatic N) is 2. The van der Waals surface area contributed by atoms with Crippen molar-refractivity contribution in [3.05, 3.63) is 99.0 Å². The van der Waals surface area contributed by atoms with Gasteiger partial charge in [-0.1, -0.05) is 40.5 Å². The van der Waals surface area contributed by atoms with Gasteiger partial charge in [0, 0.05) is 40.2 Å². The zero-order chi connectivity index (χ0) is 30.2. The molecule has 0 aliphatic carbocycles. The van der Waals surface area contributed by atoms with Crippen molar-refractivity contribution >= 4 is 40.7 Å². The molecule has 216 valence electrons. The number of carbonyl (C=O) groups is 2. The van der Waals surface area contributed by atoms with Crippen LogP contribution in [-0.4, -0.2) is 42.1 Å². The molecular weight excluding hydrogens is 603 g/mol. The second-order valence-electron chi connectivity index (χ2n) is 8.74. The van der Waals surface area contributed by atoms with E-state index in [4.69, 9.17) is 28.0 Å². The minimum absolute atomic E-state index is 0.0144. The molecule has 1 aliphatic rings. The van der Waals surface area contributed by atoms with Crippen molar-refractivity contribution in [1.29, 1.82) is 0 Å². The highest BCUT2D eigenvalue weighted by Gasteiger charge is 2.62. The van der Waals surface area contributed by atoms with Crippen LogP contribution in [0.25, 0.3) is 0 Å². The van der Waals surface area contributed by atoms with Crippen molar-refractivity contribution in [2.75, 3.05) is 7.05 Å². The first kappa shape index (κ1) is 30.0. The summed E-state index contributed by atoms with van der Waals surface area (Å²) in [7, 11) is 1.22. The number of hydrazine groups is 1. The van der Waals surface area contributed by atoms with Gasteiger partial charge in [-0.25, -0.2) is 0 Å². The summed E-state index contributed by atoms with van der Waals surface area (Å²) in [5.41, 5.74) is -0.639. The number of nitrogens with one attached hydrogen (secondary N) is 1. The van der Waals surface area contributed by atoms with Crippen LogP contribution in [0, 0.1) is 0 Å². The number of ether oxygens (including phenoxy) is 1. The molecule has 0 aromatic heterocycles. The van der Waals surface area contributed by atoms with E-state index in [2.05, 4.69) is 15.3 Å². The Bertz CT molecular complexity index is 1470.